The molecule has 0 aromatic carbocycles. The van der Waals surface area contributed by atoms with Crippen molar-refractivity contribution in [1.29, 1.82) is 0 Å². The molecular formula is C9H3BF12O6. The van der Waals surface area contributed by atoms with Crippen LogP contribution < -0.4 is 0 Å². The van der Waals surface area contributed by atoms with Crippen LogP contribution in [0.5, 0.6) is 0 Å². The first-order chi connectivity index (χ1) is 12.2. The molecule has 0 bridgehead atoms. The van der Waals surface area contributed by atoms with Gasteiger partial charge in [-0.3, -0.25) is 0 Å². The van der Waals surface area contributed by atoms with Gasteiger partial charge < -0.3 is 18.7 Å². The molecule has 1 fully saturated rings. The Morgan fingerprint density at radius 3 is 1.18 bits per heavy atom. The highest BCUT2D eigenvalue weighted by atomic mass is 19.4. The summed E-state index contributed by atoms with van der Waals surface area (Å²) in [5.74, 6) is -4.82. The van der Waals surface area contributed by atoms with Gasteiger partial charge in [0.2, 0.25) is 0 Å². The summed E-state index contributed by atoms with van der Waals surface area (Å²) in [6.45, 7) is 0. The summed E-state index contributed by atoms with van der Waals surface area (Å²) in [6, 6.07) is 0. The van der Waals surface area contributed by atoms with Gasteiger partial charge in [-0.05, 0) is 0 Å². The van der Waals surface area contributed by atoms with E-state index in [0.717, 1.165) is 0 Å². The molecule has 0 aromatic rings. The highest BCUT2D eigenvalue weighted by molar-refractivity contribution is 6.46. The standard InChI is InChI=1S/C9H3BF12O6/c1-25-2(23)3(24)26-10-27-4(6(11,12)13,7(14,15)16)5(28-10,8(17,18)19)9(20,21)22/h1H3. The normalized spacial score (nSPS) is 20.1. The lowest BCUT2D eigenvalue weighted by Crippen LogP contribution is -2.79. The number of hydrogen-bond acceptors (Lipinski definition) is 6. The van der Waals surface area contributed by atoms with Crippen molar-refractivity contribution in [3.8, 4) is 0 Å². The van der Waals surface area contributed by atoms with Crippen molar-refractivity contribution in [2.24, 2.45) is 0 Å². The molecule has 0 unspecified atom stereocenters. The number of methoxy groups -OCH3 is 1. The van der Waals surface area contributed by atoms with E-state index in [-0.39, 0.29) is 0 Å². The van der Waals surface area contributed by atoms with Crippen LogP contribution in [0.2, 0.25) is 0 Å². The third kappa shape index (κ3) is 3.23. The quantitative estimate of drug-likeness (QED) is 0.267. The van der Waals surface area contributed by atoms with Gasteiger partial charge in [-0.1, -0.05) is 0 Å². The highest BCUT2D eigenvalue weighted by Gasteiger charge is 2.99. The number of rotatable bonds is 1. The molecule has 0 radical (unpaired) electrons. The Labute approximate surface area is 144 Å². The number of esters is 1. The van der Waals surface area contributed by atoms with Crippen LogP contribution in [0.4, 0.5) is 52.7 Å². The maximum Gasteiger partial charge on any atom is 0.717 e. The highest BCUT2D eigenvalue weighted by Crippen LogP contribution is 2.66. The number of hydrogen-bond donors (Lipinski definition) is 0. The molecule has 0 aromatic heterocycles. The van der Waals surface area contributed by atoms with E-state index in [1.165, 1.54) is 0 Å². The van der Waals surface area contributed by atoms with Crippen LogP contribution in [0.1, 0.15) is 0 Å². The summed E-state index contributed by atoms with van der Waals surface area (Å²) in [5.41, 5.74) is -14.2. The van der Waals surface area contributed by atoms with Gasteiger partial charge >= 0.3 is 44.0 Å². The largest absolute Gasteiger partial charge is 0.717 e. The molecule has 1 saturated heterocycles. The molecule has 0 N–H and O–H groups in total. The second kappa shape index (κ2) is 6.56. The van der Waals surface area contributed by atoms with E-state index < -0.39 is 55.2 Å². The lowest BCUT2D eigenvalue weighted by atomic mass is 9.79. The third-order valence-electron chi connectivity index (χ3n) is 3.19. The molecule has 1 aliphatic heterocycles. The molecule has 1 heterocycles. The van der Waals surface area contributed by atoms with E-state index >= 15 is 0 Å². The SMILES string of the molecule is COC(=O)C(=O)OB1OC(C(F)(F)F)(C(F)(F)F)C(C(F)(F)F)(C(F)(F)F)O1. The van der Waals surface area contributed by atoms with Gasteiger partial charge in [0.05, 0.1) is 7.11 Å². The van der Waals surface area contributed by atoms with Crippen molar-refractivity contribution in [2.75, 3.05) is 7.11 Å². The Morgan fingerprint density at radius 2 is 0.964 bits per heavy atom. The number of alkyl halides is 12. The molecule has 1 rings (SSSR count). The predicted molar refractivity (Wildman–Crippen MR) is 55.7 cm³/mol. The van der Waals surface area contributed by atoms with Gasteiger partial charge in [-0.2, -0.15) is 52.7 Å². The van der Waals surface area contributed by atoms with Gasteiger partial charge in [0.1, 0.15) is 0 Å². The minimum absolute atomic E-state index is 0.408. The minimum Gasteiger partial charge on any atom is -0.476 e. The molecule has 6 nitrogen and oxygen atoms in total. The van der Waals surface area contributed by atoms with Gasteiger partial charge in [0.25, 0.3) is 11.2 Å². The summed E-state index contributed by atoms with van der Waals surface area (Å²) in [4.78, 5) is 21.7. The predicted octanol–water partition coefficient (Wildman–Crippen LogP) is 2.46. The lowest BCUT2D eigenvalue weighted by Gasteiger charge is -2.45. The number of carbonyl (C=O) groups is 2. The monoisotopic (exact) mass is 446 g/mol. The molecular weight excluding hydrogens is 443 g/mol. The molecule has 28 heavy (non-hydrogen) atoms. The van der Waals surface area contributed by atoms with E-state index in [1.54, 1.807) is 0 Å². The van der Waals surface area contributed by atoms with Crippen LogP contribution in [0.15, 0.2) is 0 Å². The Balaban J connectivity index is 3.81. The fourth-order valence-corrected chi connectivity index (χ4v) is 2.13. The second-order valence-electron chi connectivity index (χ2n) is 4.77. The van der Waals surface area contributed by atoms with Crippen LogP contribution in [-0.2, 0) is 28.3 Å². The Bertz CT molecular complexity index is 565. The Kier molecular flexibility index (Phi) is 5.65. The first-order valence-corrected chi connectivity index (χ1v) is 6.11. The second-order valence-corrected chi connectivity index (χ2v) is 4.77. The zero-order valence-electron chi connectivity index (χ0n) is 12.6. The van der Waals surface area contributed by atoms with E-state index in [0.29, 0.717) is 7.11 Å². The van der Waals surface area contributed by atoms with Crippen molar-refractivity contribution in [1.82, 2.24) is 0 Å². The number of halogens is 12. The molecule has 19 heteroatoms. The molecule has 0 aliphatic carbocycles. The molecule has 0 saturated carbocycles. The van der Waals surface area contributed by atoms with Crippen molar-refractivity contribution < 1.29 is 81.0 Å². The first-order valence-electron chi connectivity index (χ1n) is 6.11. The van der Waals surface area contributed by atoms with Gasteiger partial charge in [-0.25, -0.2) is 9.59 Å². The topological polar surface area (TPSA) is 71.1 Å². The maximum absolute atomic E-state index is 13.0. The fourth-order valence-electron chi connectivity index (χ4n) is 2.13. The van der Waals surface area contributed by atoms with Crippen LogP contribution in [0.3, 0.4) is 0 Å². The average Bonchev–Trinajstić information content (AvgIpc) is 2.82. The van der Waals surface area contributed by atoms with E-state index in [9.17, 15) is 62.3 Å². The van der Waals surface area contributed by atoms with E-state index in [2.05, 4.69) is 18.7 Å². The minimum atomic E-state index is -7.46. The summed E-state index contributed by atoms with van der Waals surface area (Å²) in [7, 11) is -3.79. The Hall–Kier alpha value is -1.92. The molecule has 0 atom stereocenters. The molecule has 1 aliphatic rings. The smallest absolute Gasteiger partial charge is 0.476 e. The van der Waals surface area contributed by atoms with E-state index in [1.807, 2.05) is 0 Å². The summed E-state index contributed by atoms with van der Waals surface area (Å²) >= 11 is 0. The van der Waals surface area contributed by atoms with E-state index in [4.69, 9.17) is 0 Å². The zero-order chi connectivity index (χ0) is 22.6. The van der Waals surface area contributed by atoms with Crippen LogP contribution in [-0.4, -0.2) is 62.3 Å². The third-order valence-corrected chi connectivity index (χ3v) is 3.19. The van der Waals surface area contributed by atoms with Crippen molar-refractivity contribution in [3.05, 3.63) is 0 Å². The summed E-state index contributed by atoms with van der Waals surface area (Å²) in [6.07, 6.45) is -29.8. The lowest BCUT2D eigenvalue weighted by molar-refractivity contribution is -0.464. The van der Waals surface area contributed by atoms with Gasteiger partial charge in [0.15, 0.2) is 0 Å². The number of carbonyl (C=O) groups excluding carboxylic acids is 2. The van der Waals surface area contributed by atoms with Gasteiger partial charge in [-0.15, -0.1) is 0 Å². The maximum atomic E-state index is 13.0. The van der Waals surface area contributed by atoms with Crippen molar-refractivity contribution in [2.45, 2.75) is 35.9 Å². The van der Waals surface area contributed by atoms with Crippen LogP contribution >= 0.6 is 0 Å². The molecule has 0 spiro atoms. The number of ether oxygens (including phenoxy) is 1. The Morgan fingerprint density at radius 1 is 0.679 bits per heavy atom. The summed E-state index contributed by atoms with van der Waals surface area (Å²) < 4.78 is 169. The first kappa shape index (κ1) is 24.1. The fraction of sp³-hybridized carbons (Fsp3) is 0.778. The summed E-state index contributed by atoms with van der Waals surface area (Å²) in [5, 5.41) is 0. The van der Waals surface area contributed by atoms with Crippen LogP contribution in [0.25, 0.3) is 0 Å². The zero-order valence-corrected chi connectivity index (χ0v) is 12.6. The van der Waals surface area contributed by atoms with Gasteiger partial charge in [0, 0.05) is 0 Å². The molecule has 162 valence electrons. The van der Waals surface area contributed by atoms with Crippen molar-refractivity contribution in [3.63, 3.8) is 0 Å². The molecule has 0 amide bonds. The average molecular weight is 446 g/mol. The van der Waals surface area contributed by atoms with Crippen LogP contribution in [0, 0.1) is 0 Å². The van der Waals surface area contributed by atoms with Crippen molar-refractivity contribution >= 4 is 19.3 Å².